The number of aliphatic hydroxyl groups is 6. The summed E-state index contributed by atoms with van der Waals surface area (Å²) in [6.45, 7) is 2.50. The zero-order chi connectivity index (χ0) is 43.8. The van der Waals surface area contributed by atoms with Gasteiger partial charge in [0.05, 0.1) is 211 Å². The smallest absolute Gasteiger partial charge is 0.426 e. The molecule has 0 aliphatic carbocycles. The Balaban J connectivity index is 5.67. The molecule has 0 aliphatic heterocycles. The average Bonchev–Trinajstić information content (AvgIpc) is 3.25. The van der Waals surface area contributed by atoms with Gasteiger partial charge in [0.1, 0.15) is 12.2 Å². The molecule has 0 aromatic rings. The average molecular weight is 887 g/mol. The van der Waals surface area contributed by atoms with Gasteiger partial charge in [0.2, 0.25) is 0 Å². The van der Waals surface area contributed by atoms with Crippen molar-refractivity contribution in [3.05, 3.63) is 0 Å². The standard InChI is InChI=1S/C37H74O23/c38-1-7-45-13-19-51-25-33(26-52-20-14-46-8-2-39)57-31-35(29-55-23-17-49-11-5-42)59-37(44)60-36(30-56-24-18-50-12-6-43)32-58-34(27-53-21-15-47-9-3-40)28-54-22-16-48-10-4-41/h33-36,38-43H,1-32H2. The van der Waals surface area contributed by atoms with E-state index in [-0.39, 0.29) is 211 Å². The molecule has 0 spiro atoms. The quantitative estimate of drug-likeness (QED) is 0.0259. The van der Waals surface area contributed by atoms with Crippen LogP contribution in [0.2, 0.25) is 0 Å². The molecule has 0 heterocycles. The highest BCUT2D eigenvalue weighted by Crippen LogP contribution is 2.08. The van der Waals surface area contributed by atoms with Gasteiger partial charge in [0, 0.05) is 0 Å². The number of carbonyl (C=O) groups is 1. The molecule has 0 saturated heterocycles. The van der Waals surface area contributed by atoms with Crippen LogP contribution in [-0.2, 0) is 75.8 Å². The summed E-state index contributed by atoms with van der Waals surface area (Å²) in [5.41, 5.74) is 0. The molecule has 0 amide bonds. The highest BCUT2D eigenvalue weighted by molar-refractivity contribution is 5.60. The second-order valence-electron chi connectivity index (χ2n) is 12.1. The predicted molar refractivity (Wildman–Crippen MR) is 207 cm³/mol. The molecular weight excluding hydrogens is 812 g/mol. The van der Waals surface area contributed by atoms with E-state index >= 15 is 0 Å². The maximum atomic E-state index is 13.3. The molecule has 0 bridgehead atoms. The van der Waals surface area contributed by atoms with E-state index in [2.05, 4.69) is 0 Å². The van der Waals surface area contributed by atoms with E-state index in [1.165, 1.54) is 0 Å². The van der Waals surface area contributed by atoms with Gasteiger partial charge in [0.15, 0.2) is 12.2 Å². The topological polar surface area (TPSA) is 286 Å². The molecule has 360 valence electrons. The molecule has 23 nitrogen and oxygen atoms in total. The van der Waals surface area contributed by atoms with Gasteiger partial charge in [-0.15, -0.1) is 0 Å². The zero-order valence-electron chi connectivity index (χ0n) is 35.1. The summed E-state index contributed by atoms with van der Waals surface area (Å²) in [4.78, 5) is 13.3. The molecule has 0 fully saturated rings. The van der Waals surface area contributed by atoms with Gasteiger partial charge in [-0.2, -0.15) is 0 Å². The lowest BCUT2D eigenvalue weighted by Gasteiger charge is -2.25. The van der Waals surface area contributed by atoms with Crippen LogP contribution >= 0.6 is 0 Å². The van der Waals surface area contributed by atoms with Crippen LogP contribution in [0.4, 0.5) is 4.79 Å². The first kappa shape index (κ1) is 58.5. The fourth-order valence-corrected chi connectivity index (χ4v) is 4.30. The van der Waals surface area contributed by atoms with E-state index in [4.69, 9.17) is 106 Å². The van der Waals surface area contributed by atoms with Crippen molar-refractivity contribution in [2.45, 2.75) is 24.4 Å². The van der Waals surface area contributed by atoms with Crippen molar-refractivity contribution < 1.29 is 111 Å². The summed E-state index contributed by atoms with van der Waals surface area (Å²) in [5.74, 6) is 0. The van der Waals surface area contributed by atoms with E-state index in [9.17, 15) is 4.79 Å². The van der Waals surface area contributed by atoms with Gasteiger partial charge >= 0.3 is 6.16 Å². The van der Waals surface area contributed by atoms with Crippen molar-refractivity contribution in [1.82, 2.24) is 0 Å². The van der Waals surface area contributed by atoms with E-state index in [0.717, 1.165) is 0 Å². The fourth-order valence-electron chi connectivity index (χ4n) is 4.30. The highest BCUT2D eigenvalue weighted by atomic mass is 16.8. The number of ether oxygens (including phenoxy) is 16. The van der Waals surface area contributed by atoms with Crippen molar-refractivity contribution in [2.24, 2.45) is 0 Å². The van der Waals surface area contributed by atoms with E-state index in [1.54, 1.807) is 0 Å². The number of carbonyl (C=O) groups excluding carboxylic acids is 1. The Morgan fingerprint density at radius 2 is 0.467 bits per heavy atom. The first-order valence-electron chi connectivity index (χ1n) is 20.2. The van der Waals surface area contributed by atoms with Crippen LogP contribution in [0.5, 0.6) is 0 Å². The van der Waals surface area contributed by atoms with Crippen molar-refractivity contribution >= 4 is 6.16 Å². The number of hydrogen-bond donors (Lipinski definition) is 6. The van der Waals surface area contributed by atoms with Crippen LogP contribution in [0.3, 0.4) is 0 Å². The molecule has 0 aromatic heterocycles. The normalized spacial score (nSPS) is 12.8. The predicted octanol–water partition coefficient (Wildman–Crippen LogP) is -3.20. The molecule has 0 rings (SSSR count). The van der Waals surface area contributed by atoms with Gasteiger partial charge in [-0.05, 0) is 0 Å². The van der Waals surface area contributed by atoms with Crippen LogP contribution < -0.4 is 0 Å². The molecule has 0 aliphatic rings. The lowest BCUT2D eigenvalue weighted by molar-refractivity contribution is -0.126. The number of hydrogen-bond acceptors (Lipinski definition) is 23. The Morgan fingerprint density at radius 1 is 0.267 bits per heavy atom. The lowest BCUT2D eigenvalue weighted by atomic mass is 10.3. The maximum Gasteiger partial charge on any atom is 0.509 e. The Labute approximate surface area is 353 Å². The minimum atomic E-state index is -1.07. The molecule has 0 aromatic carbocycles. The van der Waals surface area contributed by atoms with Crippen LogP contribution in [0, 0.1) is 0 Å². The van der Waals surface area contributed by atoms with Gasteiger partial charge in [-0.3, -0.25) is 0 Å². The molecule has 0 radical (unpaired) electrons. The minimum absolute atomic E-state index is 0.0890. The summed E-state index contributed by atoms with van der Waals surface area (Å²) >= 11 is 0. The van der Waals surface area contributed by atoms with Crippen molar-refractivity contribution in [2.75, 3.05) is 211 Å². The summed E-state index contributed by atoms with van der Waals surface area (Å²) in [6.07, 6.45) is -4.29. The molecule has 2 atom stereocenters. The number of aliphatic hydroxyl groups excluding tert-OH is 6. The van der Waals surface area contributed by atoms with Gasteiger partial charge < -0.3 is 106 Å². The Morgan fingerprint density at radius 3 is 0.683 bits per heavy atom. The summed E-state index contributed by atoms with van der Waals surface area (Å²) in [7, 11) is 0. The van der Waals surface area contributed by atoms with E-state index in [0.29, 0.717) is 0 Å². The van der Waals surface area contributed by atoms with Crippen LogP contribution in [-0.4, -0.2) is 273 Å². The third-order valence-electron chi connectivity index (χ3n) is 7.03. The SMILES string of the molecule is O=C(OC(COCCOCCO)COC(COCCOCCO)COCCOCCO)OC(COCCOCCO)COC(COCCOCCO)COCCOCCO. The molecule has 6 N–H and O–H groups in total. The van der Waals surface area contributed by atoms with E-state index < -0.39 is 30.6 Å². The Bertz CT molecular complexity index is 755. The van der Waals surface area contributed by atoms with Crippen LogP contribution in [0.15, 0.2) is 0 Å². The summed E-state index contributed by atoms with van der Waals surface area (Å²) in [5, 5.41) is 53.6. The molecule has 23 heteroatoms. The lowest BCUT2D eigenvalue weighted by Crippen LogP contribution is -2.38. The van der Waals surface area contributed by atoms with Gasteiger partial charge in [-0.1, -0.05) is 0 Å². The first-order chi connectivity index (χ1) is 29.5. The maximum absolute atomic E-state index is 13.3. The third-order valence-corrected chi connectivity index (χ3v) is 7.03. The van der Waals surface area contributed by atoms with Crippen molar-refractivity contribution in [3.63, 3.8) is 0 Å². The van der Waals surface area contributed by atoms with Crippen molar-refractivity contribution in [3.8, 4) is 0 Å². The van der Waals surface area contributed by atoms with Gasteiger partial charge in [-0.25, -0.2) is 4.79 Å². The summed E-state index contributed by atoms with van der Waals surface area (Å²) in [6, 6.07) is 0. The minimum Gasteiger partial charge on any atom is -0.426 e. The largest absolute Gasteiger partial charge is 0.509 e. The first-order valence-corrected chi connectivity index (χ1v) is 20.2. The van der Waals surface area contributed by atoms with Crippen molar-refractivity contribution in [1.29, 1.82) is 0 Å². The van der Waals surface area contributed by atoms with E-state index in [1.807, 2.05) is 0 Å². The Hall–Kier alpha value is -1.53. The third kappa shape index (κ3) is 41.8. The summed E-state index contributed by atoms with van der Waals surface area (Å²) < 4.78 is 88.9. The molecule has 2 unspecified atom stereocenters. The Kier molecular flexibility index (Phi) is 47.3. The number of rotatable bonds is 50. The second-order valence-corrected chi connectivity index (χ2v) is 12.1. The zero-order valence-corrected chi connectivity index (χ0v) is 35.1. The van der Waals surface area contributed by atoms with Crippen LogP contribution in [0.25, 0.3) is 0 Å². The fraction of sp³-hybridized carbons (Fsp3) is 0.973. The monoisotopic (exact) mass is 886 g/mol. The van der Waals surface area contributed by atoms with Crippen LogP contribution in [0.1, 0.15) is 0 Å². The highest BCUT2D eigenvalue weighted by Gasteiger charge is 2.24. The molecule has 0 saturated carbocycles. The molecule has 60 heavy (non-hydrogen) atoms. The second kappa shape index (κ2) is 48.5. The molecular formula is C37H74O23. The van der Waals surface area contributed by atoms with Gasteiger partial charge in [0.25, 0.3) is 0 Å².